The fourth-order valence-corrected chi connectivity index (χ4v) is 7.61. The summed E-state index contributed by atoms with van der Waals surface area (Å²) in [5.41, 5.74) is 1.14. The Bertz CT molecular complexity index is 430. The Kier molecular flexibility index (Phi) is 3.28. The normalized spacial score (nSPS) is 56.2. The third-order valence-electron chi connectivity index (χ3n) is 8.86. The average molecular weight is 287 g/mol. The summed E-state index contributed by atoms with van der Waals surface area (Å²) in [5, 5.41) is 7.84. The highest BCUT2D eigenvalue weighted by molar-refractivity contribution is 5.59. The Morgan fingerprint density at radius 1 is 0.810 bits per heavy atom. The molecule has 0 aromatic carbocycles. The average Bonchev–Trinajstić information content (AvgIpc) is 2.83. The molecule has 4 aliphatic rings. The van der Waals surface area contributed by atoms with Crippen LogP contribution in [-0.2, 0) is 0 Å². The van der Waals surface area contributed by atoms with Crippen molar-refractivity contribution in [2.24, 2.45) is 40.4 Å². The van der Waals surface area contributed by atoms with Crippen LogP contribution in [0.4, 0.5) is 0 Å². The van der Waals surface area contributed by atoms with Gasteiger partial charge in [-0.05, 0) is 98.0 Å². The lowest BCUT2D eigenvalue weighted by Gasteiger charge is -2.60. The Morgan fingerprint density at radius 3 is 2.43 bits per heavy atom. The fraction of sp³-hybridized carbons (Fsp3) is 0.950. The second-order valence-electron chi connectivity index (χ2n) is 9.30. The molecule has 0 saturated heterocycles. The minimum atomic E-state index is 0.473. The van der Waals surface area contributed by atoms with Gasteiger partial charge in [0, 0.05) is 0 Å². The molecular formula is C20H33N. The quantitative estimate of drug-likeness (QED) is 0.599. The fourth-order valence-electron chi connectivity index (χ4n) is 7.61. The maximum absolute atomic E-state index is 7.84. The minimum Gasteiger partial charge on any atom is -0.313 e. The van der Waals surface area contributed by atoms with E-state index in [4.69, 9.17) is 5.41 Å². The van der Waals surface area contributed by atoms with Gasteiger partial charge in [0.25, 0.3) is 0 Å². The SMILES string of the molecule is C[C@]12CCCC[C@H]1CC[C@@H]1[C@@H]2CC[C@]2(C)[C@@H](C=N)CC[C@@H]12. The van der Waals surface area contributed by atoms with Crippen LogP contribution in [-0.4, -0.2) is 6.21 Å². The third kappa shape index (κ3) is 1.85. The van der Waals surface area contributed by atoms with Gasteiger partial charge in [0.1, 0.15) is 0 Å². The van der Waals surface area contributed by atoms with Crippen LogP contribution in [0.25, 0.3) is 0 Å². The van der Waals surface area contributed by atoms with Crippen molar-refractivity contribution in [2.45, 2.75) is 78.1 Å². The van der Waals surface area contributed by atoms with Gasteiger partial charge in [0.15, 0.2) is 0 Å². The first-order chi connectivity index (χ1) is 10.1. The highest BCUT2D eigenvalue weighted by atomic mass is 14.6. The number of rotatable bonds is 1. The molecule has 0 heterocycles. The molecule has 21 heavy (non-hydrogen) atoms. The molecule has 118 valence electrons. The first-order valence-corrected chi connectivity index (χ1v) is 9.60. The van der Waals surface area contributed by atoms with Gasteiger partial charge in [0.05, 0.1) is 0 Å². The lowest BCUT2D eigenvalue weighted by Crippen LogP contribution is -2.52. The van der Waals surface area contributed by atoms with E-state index in [1.54, 1.807) is 6.21 Å². The second-order valence-corrected chi connectivity index (χ2v) is 9.30. The van der Waals surface area contributed by atoms with Crippen LogP contribution in [0.15, 0.2) is 0 Å². The van der Waals surface area contributed by atoms with Crippen LogP contribution in [0.2, 0.25) is 0 Å². The summed E-state index contributed by atoms with van der Waals surface area (Å²) in [5.74, 6) is 4.56. The molecule has 4 fully saturated rings. The first kappa shape index (κ1) is 14.3. The van der Waals surface area contributed by atoms with Gasteiger partial charge < -0.3 is 5.41 Å². The Morgan fingerprint density at radius 2 is 1.62 bits per heavy atom. The minimum absolute atomic E-state index is 0.473. The summed E-state index contributed by atoms with van der Waals surface area (Å²) < 4.78 is 0. The summed E-state index contributed by atoms with van der Waals surface area (Å²) >= 11 is 0. The van der Waals surface area contributed by atoms with Crippen molar-refractivity contribution < 1.29 is 0 Å². The van der Waals surface area contributed by atoms with Crippen molar-refractivity contribution in [3.8, 4) is 0 Å². The van der Waals surface area contributed by atoms with E-state index in [2.05, 4.69) is 13.8 Å². The predicted molar refractivity (Wildman–Crippen MR) is 88.6 cm³/mol. The van der Waals surface area contributed by atoms with E-state index in [1.807, 2.05) is 0 Å². The highest BCUT2D eigenvalue weighted by Gasteiger charge is 2.59. The standard InChI is InChI=1S/C20H33N/c1-19-11-4-3-5-14(19)6-8-16-17-9-7-15(13-21)20(17,2)12-10-18(16)19/h13-18,21H,3-12H2,1-2H3/t14-,15+,16-,17-,18-,19-,20+/m0/s1. The third-order valence-corrected chi connectivity index (χ3v) is 8.86. The molecule has 0 aromatic rings. The highest BCUT2D eigenvalue weighted by Crippen LogP contribution is 2.67. The van der Waals surface area contributed by atoms with Gasteiger partial charge in [-0.3, -0.25) is 0 Å². The van der Waals surface area contributed by atoms with Crippen molar-refractivity contribution >= 4 is 6.21 Å². The molecule has 0 aromatic heterocycles. The molecule has 1 nitrogen and oxygen atoms in total. The number of fused-ring (bicyclic) bond motifs is 5. The molecule has 0 bridgehead atoms. The molecule has 4 aliphatic carbocycles. The zero-order valence-corrected chi connectivity index (χ0v) is 14.0. The zero-order valence-electron chi connectivity index (χ0n) is 14.0. The maximum atomic E-state index is 7.84. The summed E-state index contributed by atoms with van der Waals surface area (Å²) in [6, 6.07) is 0. The summed E-state index contributed by atoms with van der Waals surface area (Å²) in [6.07, 6.45) is 16.4. The van der Waals surface area contributed by atoms with E-state index < -0.39 is 0 Å². The molecular weight excluding hydrogens is 254 g/mol. The molecule has 1 heteroatoms. The second kappa shape index (κ2) is 4.83. The van der Waals surface area contributed by atoms with Crippen molar-refractivity contribution in [1.82, 2.24) is 0 Å². The topological polar surface area (TPSA) is 23.9 Å². The van der Waals surface area contributed by atoms with Crippen LogP contribution in [0.3, 0.4) is 0 Å². The molecule has 0 amide bonds. The maximum Gasteiger partial charge on any atom is -0.000816 e. The van der Waals surface area contributed by atoms with E-state index in [1.165, 1.54) is 64.2 Å². The Labute approximate surface area is 130 Å². The molecule has 7 atom stereocenters. The zero-order chi connectivity index (χ0) is 14.7. The van der Waals surface area contributed by atoms with E-state index in [0.29, 0.717) is 16.7 Å². The van der Waals surface area contributed by atoms with E-state index in [-0.39, 0.29) is 0 Å². The van der Waals surface area contributed by atoms with Crippen LogP contribution >= 0.6 is 0 Å². The molecule has 0 radical (unpaired) electrons. The lowest BCUT2D eigenvalue weighted by atomic mass is 9.45. The van der Waals surface area contributed by atoms with Crippen LogP contribution in [0.5, 0.6) is 0 Å². The van der Waals surface area contributed by atoms with Crippen molar-refractivity contribution in [1.29, 1.82) is 5.41 Å². The van der Waals surface area contributed by atoms with E-state index in [9.17, 15) is 0 Å². The smallest absolute Gasteiger partial charge is 0.000816 e. The summed E-state index contributed by atoms with van der Waals surface area (Å²) in [4.78, 5) is 0. The van der Waals surface area contributed by atoms with Crippen LogP contribution in [0.1, 0.15) is 78.1 Å². The van der Waals surface area contributed by atoms with Gasteiger partial charge in [-0.25, -0.2) is 0 Å². The Hall–Kier alpha value is -0.330. The predicted octanol–water partition coefficient (Wildman–Crippen LogP) is 5.68. The van der Waals surface area contributed by atoms with Crippen molar-refractivity contribution in [3.05, 3.63) is 0 Å². The van der Waals surface area contributed by atoms with E-state index >= 15 is 0 Å². The van der Waals surface area contributed by atoms with Crippen molar-refractivity contribution in [3.63, 3.8) is 0 Å². The van der Waals surface area contributed by atoms with Crippen LogP contribution < -0.4 is 0 Å². The van der Waals surface area contributed by atoms with Gasteiger partial charge in [-0.2, -0.15) is 0 Å². The van der Waals surface area contributed by atoms with Crippen molar-refractivity contribution in [2.75, 3.05) is 0 Å². The lowest BCUT2D eigenvalue weighted by molar-refractivity contribution is -0.106. The molecule has 4 rings (SSSR count). The number of hydrogen-bond acceptors (Lipinski definition) is 1. The van der Waals surface area contributed by atoms with Gasteiger partial charge >= 0.3 is 0 Å². The number of nitrogens with one attached hydrogen (secondary N) is 1. The molecule has 4 saturated carbocycles. The summed E-state index contributed by atoms with van der Waals surface area (Å²) in [7, 11) is 0. The molecule has 1 N–H and O–H groups in total. The van der Waals surface area contributed by atoms with Gasteiger partial charge in [-0.15, -0.1) is 0 Å². The number of hydrogen-bond donors (Lipinski definition) is 1. The monoisotopic (exact) mass is 287 g/mol. The first-order valence-electron chi connectivity index (χ1n) is 9.60. The van der Waals surface area contributed by atoms with Crippen LogP contribution in [0, 0.1) is 45.8 Å². The van der Waals surface area contributed by atoms with E-state index in [0.717, 1.165) is 23.7 Å². The largest absolute Gasteiger partial charge is 0.313 e. The molecule has 0 aliphatic heterocycles. The molecule has 0 unspecified atom stereocenters. The Balaban J connectivity index is 1.64. The van der Waals surface area contributed by atoms with Gasteiger partial charge in [0.2, 0.25) is 0 Å². The summed E-state index contributed by atoms with van der Waals surface area (Å²) in [6.45, 7) is 5.20. The molecule has 0 spiro atoms. The van der Waals surface area contributed by atoms with Gasteiger partial charge in [-0.1, -0.05) is 26.7 Å².